The number of likely N-dealkylation sites (tertiary alicyclic amines) is 1. The summed E-state index contributed by atoms with van der Waals surface area (Å²) in [5, 5.41) is 0. The summed E-state index contributed by atoms with van der Waals surface area (Å²) in [6.45, 7) is 6.47. The molecule has 0 radical (unpaired) electrons. The molecule has 0 amide bonds. The first-order valence-corrected chi connectivity index (χ1v) is 10.4. The van der Waals surface area contributed by atoms with Crippen LogP contribution in [0.1, 0.15) is 62.1 Å². The molecule has 1 aliphatic heterocycles. The van der Waals surface area contributed by atoms with Crippen molar-refractivity contribution in [3.8, 4) is 5.75 Å². The van der Waals surface area contributed by atoms with Crippen molar-refractivity contribution in [2.75, 3.05) is 13.1 Å². The van der Waals surface area contributed by atoms with Crippen LogP contribution in [0.4, 0.5) is 0 Å². The van der Waals surface area contributed by atoms with Gasteiger partial charge in [0.2, 0.25) is 0 Å². The predicted molar refractivity (Wildman–Crippen MR) is 110 cm³/mol. The second kappa shape index (κ2) is 10.4. The van der Waals surface area contributed by atoms with Crippen molar-refractivity contribution in [3.05, 3.63) is 65.2 Å². The summed E-state index contributed by atoms with van der Waals surface area (Å²) in [6, 6.07) is 17.5. The molecular formula is C24H33NO. The van der Waals surface area contributed by atoms with Crippen LogP contribution in [0.5, 0.6) is 5.75 Å². The zero-order valence-corrected chi connectivity index (χ0v) is 16.3. The van der Waals surface area contributed by atoms with E-state index in [0.717, 1.165) is 12.3 Å². The van der Waals surface area contributed by atoms with Crippen LogP contribution in [0.2, 0.25) is 0 Å². The van der Waals surface area contributed by atoms with Gasteiger partial charge in [-0.05, 0) is 67.6 Å². The Bertz CT molecular complexity index is 626. The Morgan fingerprint density at radius 3 is 2.12 bits per heavy atom. The Balaban J connectivity index is 1.44. The maximum absolute atomic E-state index is 5.95. The molecular weight excluding hydrogens is 318 g/mol. The minimum atomic E-state index is 0.638. The summed E-state index contributed by atoms with van der Waals surface area (Å²) >= 11 is 0. The number of hydrogen-bond acceptors (Lipinski definition) is 2. The fourth-order valence-electron chi connectivity index (χ4n) is 3.61. The van der Waals surface area contributed by atoms with Gasteiger partial charge in [-0.1, -0.05) is 62.6 Å². The predicted octanol–water partition coefficient (Wildman–Crippen LogP) is 5.98. The Kier molecular flexibility index (Phi) is 7.57. The number of hydrogen-bond donors (Lipinski definition) is 0. The average Bonchev–Trinajstić information content (AvgIpc) is 2.69. The van der Waals surface area contributed by atoms with E-state index in [1.54, 1.807) is 0 Å². The van der Waals surface area contributed by atoms with E-state index >= 15 is 0 Å². The first-order chi connectivity index (χ1) is 12.8. The van der Waals surface area contributed by atoms with Gasteiger partial charge in [-0.3, -0.25) is 4.90 Å². The third kappa shape index (κ3) is 6.17. The van der Waals surface area contributed by atoms with Gasteiger partial charge < -0.3 is 4.74 Å². The molecule has 26 heavy (non-hydrogen) atoms. The third-order valence-corrected chi connectivity index (χ3v) is 5.28. The van der Waals surface area contributed by atoms with Crippen LogP contribution in [0.15, 0.2) is 48.5 Å². The fraction of sp³-hybridized carbons (Fsp3) is 0.500. The van der Waals surface area contributed by atoms with Gasteiger partial charge in [-0.2, -0.15) is 0 Å². The van der Waals surface area contributed by atoms with Crippen LogP contribution in [0.25, 0.3) is 0 Å². The summed E-state index contributed by atoms with van der Waals surface area (Å²) in [6.07, 6.45) is 9.14. The van der Waals surface area contributed by atoms with Crippen LogP contribution in [0.3, 0.4) is 0 Å². The van der Waals surface area contributed by atoms with E-state index in [0.29, 0.717) is 6.61 Å². The number of aryl methyl sites for hydroxylation is 1. The Morgan fingerprint density at radius 2 is 1.42 bits per heavy atom. The highest BCUT2D eigenvalue weighted by Crippen LogP contribution is 2.17. The number of rotatable bonds is 9. The minimum absolute atomic E-state index is 0.638. The SMILES string of the molecule is CCCCCc1ccc(OCc2ccc(CN3CCCCC3)cc2)cc1. The maximum Gasteiger partial charge on any atom is 0.119 e. The van der Waals surface area contributed by atoms with Gasteiger partial charge in [0.25, 0.3) is 0 Å². The fourth-order valence-corrected chi connectivity index (χ4v) is 3.61. The van der Waals surface area contributed by atoms with Crippen molar-refractivity contribution < 1.29 is 4.74 Å². The minimum Gasteiger partial charge on any atom is -0.489 e. The molecule has 0 saturated carbocycles. The Morgan fingerprint density at radius 1 is 0.769 bits per heavy atom. The molecule has 140 valence electrons. The van der Waals surface area contributed by atoms with Crippen molar-refractivity contribution >= 4 is 0 Å². The van der Waals surface area contributed by atoms with Crippen molar-refractivity contribution in [2.45, 2.75) is 65.0 Å². The highest BCUT2D eigenvalue weighted by atomic mass is 16.5. The summed E-state index contributed by atoms with van der Waals surface area (Å²) in [7, 11) is 0. The maximum atomic E-state index is 5.95. The lowest BCUT2D eigenvalue weighted by atomic mass is 10.1. The van der Waals surface area contributed by atoms with Gasteiger partial charge in [-0.25, -0.2) is 0 Å². The molecule has 0 aromatic heterocycles. The summed E-state index contributed by atoms with van der Waals surface area (Å²) in [4.78, 5) is 2.57. The third-order valence-electron chi connectivity index (χ3n) is 5.28. The summed E-state index contributed by atoms with van der Waals surface area (Å²) < 4.78 is 5.95. The highest BCUT2D eigenvalue weighted by molar-refractivity contribution is 5.28. The largest absolute Gasteiger partial charge is 0.489 e. The van der Waals surface area contributed by atoms with Crippen LogP contribution in [-0.2, 0) is 19.6 Å². The molecule has 2 aromatic rings. The van der Waals surface area contributed by atoms with Gasteiger partial charge in [0, 0.05) is 6.54 Å². The Labute approximate surface area is 159 Å². The molecule has 0 N–H and O–H groups in total. The highest BCUT2D eigenvalue weighted by Gasteiger charge is 2.10. The topological polar surface area (TPSA) is 12.5 Å². The first-order valence-electron chi connectivity index (χ1n) is 10.4. The second-order valence-corrected chi connectivity index (χ2v) is 7.54. The van der Waals surface area contributed by atoms with Gasteiger partial charge in [0.05, 0.1) is 0 Å². The van der Waals surface area contributed by atoms with Crippen LogP contribution in [-0.4, -0.2) is 18.0 Å². The average molecular weight is 352 g/mol. The van der Waals surface area contributed by atoms with E-state index in [2.05, 4.69) is 60.4 Å². The lowest BCUT2D eigenvalue weighted by Crippen LogP contribution is -2.29. The molecule has 1 aliphatic rings. The number of benzene rings is 2. The summed E-state index contributed by atoms with van der Waals surface area (Å²) in [5.41, 5.74) is 4.05. The van der Waals surface area contributed by atoms with Gasteiger partial charge in [0.15, 0.2) is 0 Å². The molecule has 1 heterocycles. The molecule has 0 spiro atoms. The number of unbranched alkanes of at least 4 members (excludes halogenated alkanes) is 2. The second-order valence-electron chi connectivity index (χ2n) is 7.54. The number of piperidine rings is 1. The molecule has 0 unspecified atom stereocenters. The molecule has 0 bridgehead atoms. The molecule has 2 nitrogen and oxygen atoms in total. The van der Waals surface area contributed by atoms with Crippen LogP contribution >= 0.6 is 0 Å². The van der Waals surface area contributed by atoms with E-state index < -0.39 is 0 Å². The van der Waals surface area contributed by atoms with Gasteiger partial charge >= 0.3 is 0 Å². The smallest absolute Gasteiger partial charge is 0.119 e. The number of nitrogens with zero attached hydrogens (tertiary/aromatic N) is 1. The molecule has 2 heteroatoms. The molecule has 0 aliphatic carbocycles. The normalized spacial score (nSPS) is 15.1. The van der Waals surface area contributed by atoms with E-state index in [-0.39, 0.29) is 0 Å². The molecule has 0 atom stereocenters. The molecule has 1 saturated heterocycles. The standard InChI is InChI=1S/C24H33NO/c1-2-3-5-8-21-13-15-24(16-14-21)26-20-23-11-9-22(10-12-23)19-25-17-6-4-7-18-25/h9-16H,2-8,17-20H2,1H3. The van der Waals surface area contributed by atoms with E-state index in [1.807, 2.05) is 0 Å². The zero-order chi connectivity index (χ0) is 18.0. The van der Waals surface area contributed by atoms with E-state index in [4.69, 9.17) is 4.74 Å². The van der Waals surface area contributed by atoms with Gasteiger partial charge in [0.1, 0.15) is 12.4 Å². The molecule has 2 aromatic carbocycles. The zero-order valence-electron chi connectivity index (χ0n) is 16.3. The van der Waals surface area contributed by atoms with Crippen molar-refractivity contribution in [2.24, 2.45) is 0 Å². The van der Waals surface area contributed by atoms with Crippen molar-refractivity contribution in [3.63, 3.8) is 0 Å². The van der Waals surface area contributed by atoms with Crippen molar-refractivity contribution in [1.29, 1.82) is 0 Å². The van der Waals surface area contributed by atoms with Crippen LogP contribution < -0.4 is 4.74 Å². The summed E-state index contributed by atoms with van der Waals surface area (Å²) in [5.74, 6) is 0.960. The lowest BCUT2D eigenvalue weighted by molar-refractivity contribution is 0.221. The van der Waals surface area contributed by atoms with Gasteiger partial charge in [-0.15, -0.1) is 0 Å². The monoisotopic (exact) mass is 351 g/mol. The first kappa shape index (κ1) is 19.0. The van der Waals surface area contributed by atoms with Crippen LogP contribution in [0, 0.1) is 0 Å². The Hall–Kier alpha value is -1.80. The number of ether oxygens (including phenoxy) is 1. The van der Waals surface area contributed by atoms with E-state index in [1.165, 1.54) is 74.7 Å². The quantitative estimate of drug-likeness (QED) is 0.515. The van der Waals surface area contributed by atoms with Crippen molar-refractivity contribution in [1.82, 2.24) is 4.90 Å². The molecule has 1 fully saturated rings. The van der Waals surface area contributed by atoms with E-state index in [9.17, 15) is 0 Å². The molecule has 3 rings (SSSR count). The lowest BCUT2D eigenvalue weighted by Gasteiger charge is -2.26.